The summed E-state index contributed by atoms with van der Waals surface area (Å²) in [6.45, 7) is 4.82. The van der Waals surface area contributed by atoms with Crippen molar-refractivity contribution in [2.75, 3.05) is 37.6 Å². The maximum absolute atomic E-state index is 12.9. The molecule has 4 fully saturated rings. The average Bonchev–Trinajstić information content (AvgIpc) is 3.52. The Labute approximate surface area is 278 Å². The number of aromatic nitrogens is 1. The van der Waals surface area contributed by atoms with E-state index in [9.17, 15) is 18.5 Å². The zero-order valence-corrected chi connectivity index (χ0v) is 27.7. The molecule has 4 aliphatic rings. The van der Waals surface area contributed by atoms with Gasteiger partial charge in [-0.1, -0.05) is 36.8 Å². The van der Waals surface area contributed by atoms with E-state index >= 15 is 0 Å². The third kappa shape index (κ3) is 6.18. The lowest BCUT2D eigenvalue weighted by atomic mass is 9.59. The van der Waals surface area contributed by atoms with Crippen LogP contribution in [-0.4, -0.2) is 63.1 Å². The van der Waals surface area contributed by atoms with Gasteiger partial charge in [0.2, 0.25) is 9.84 Å². The molecule has 2 saturated carbocycles. The first kappa shape index (κ1) is 31.8. The fraction of sp³-hybridized carbons (Fsp3) is 0.500. The molecule has 3 atom stereocenters. The van der Waals surface area contributed by atoms with E-state index in [1.165, 1.54) is 24.5 Å². The molecule has 7 rings (SSSR count). The van der Waals surface area contributed by atoms with Crippen molar-refractivity contribution in [2.24, 2.45) is 23.7 Å². The molecule has 9 heteroatoms. The van der Waals surface area contributed by atoms with Crippen LogP contribution in [0.25, 0.3) is 0 Å². The van der Waals surface area contributed by atoms with Crippen LogP contribution in [0.3, 0.4) is 0 Å². The molecule has 8 nitrogen and oxygen atoms in total. The number of anilines is 1. The molecule has 47 heavy (non-hydrogen) atoms. The van der Waals surface area contributed by atoms with Gasteiger partial charge >= 0.3 is 5.97 Å². The molecule has 2 aliphatic carbocycles. The largest absolute Gasteiger partial charge is 0.462 e. The van der Waals surface area contributed by atoms with Gasteiger partial charge in [0.1, 0.15) is 6.10 Å². The van der Waals surface area contributed by atoms with Crippen LogP contribution in [0.4, 0.5) is 5.69 Å². The number of nitrogens with zero attached hydrogens (tertiary/aromatic N) is 4. The van der Waals surface area contributed by atoms with Crippen LogP contribution in [0.2, 0.25) is 0 Å². The van der Waals surface area contributed by atoms with Gasteiger partial charge in [0.25, 0.3) is 0 Å². The number of carbonyl (C=O) groups is 1. The number of hydrogen-bond acceptors (Lipinski definition) is 8. The first-order valence-corrected chi connectivity index (χ1v) is 18.8. The molecule has 0 N–H and O–H groups in total. The van der Waals surface area contributed by atoms with Crippen molar-refractivity contribution in [1.29, 1.82) is 5.26 Å². The summed E-state index contributed by atoms with van der Waals surface area (Å²) < 4.78 is 32.1. The zero-order chi connectivity index (χ0) is 32.4. The first-order chi connectivity index (χ1) is 22.9. The summed E-state index contributed by atoms with van der Waals surface area (Å²) in [6.07, 6.45) is 10.4. The van der Waals surface area contributed by atoms with Crippen LogP contribution in [0.15, 0.2) is 88.9 Å². The summed E-state index contributed by atoms with van der Waals surface area (Å²) in [7, 11) is -3.56. The highest BCUT2D eigenvalue weighted by molar-refractivity contribution is 7.91. The number of sulfone groups is 1. The number of pyridine rings is 1. The second-order valence-electron chi connectivity index (χ2n) is 14.0. The SMILES string of the molecule is N#CC(c1ccccc1)(C1CCN(CC2CN(c3ccc(S(=O)(=O)c4ccncc4)cc3)C2)CC1)[C@H]1CCC[C@@H]1OC(=O)C1CCC1. The van der Waals surface area contributed by atoms with Crippen LogP contribution in [-0.2, 0) is 24.8 Å². The van der Waals surface area contributed by atoms with E-state index in [-0.39, 0.29) is 39.6 Å². The fourth-order valence-electron chi connectivity index (χ4n) is 8.50. The van der Waals surface area contributed by atoms with Crippen molar-refractivity contribution in [3.8, 4) is 6.07 Å². The molecule has 1 aromatic heterocycles. The highest BCUT2D eigenvalue weighted by Gasteiger charge is 2.53. The molecule has 1 unspecified atom stereocenters. The maximum Gasteiger partial charge on any atom is 0.309 e. The Kier molecular flexibility index (Phi) is 9.08. The minimum atomic E-state index is -3.56. The predicted octanol–water partition coefficient (Wildman–Crippen LogP) is 6.04. The molecular formula is C38H44N4O4S. The topological polar surface area (TPSA) is 104 Å². The number of benzene rings is 2. The number of nitriles is 1. The summed E-state index contributed by atoms with van der Waals surface area (Å²) in [5.41, 5.74) is 1.45. The Morgan fingerprint density at radius 3 is 2.17 bits per heavy atom. The fourth-order valence-corrected chi connectivity index (χ4v) is 9.75. The van der Waals surface area contributed by atoms with Crippen LogP contribution >= 0.6 is 0 Å². The Morgan fingerprint density at radius 1 is 0.872 bits per heavy atom. The Balaban J connectivity index is 0.968. The van der Waals surface area contributed by atoms with Gasteiger partial charge in [-0.05, 0) is 106 Å². The molecule has 2 aliphatic heterocycles. The van der Waals surface area contributed by atoms with Gasteiger partial charge in [-0.15, -0.1) is 0 Å². The number of hydrogen-bond donors (Lipinski definition) is 0. The summed E-state index contributed by atoms with van der Waals surface area (Å²) in [6, 6.07) is 23.4. The lowest BCUT2D eigenvalue weighted by Crippen LogP contribution is -2.54. The third-order valence-corrected chi connectivity index (χ3v) is 13.1. The standard InChI is InChI=1S/C38H44N4O4S/c39-27-38(30-8-2-1-3-9-30,35-10-5-11-36(35)46-37(43)29-6-4-7-29)31-18-22-41(23-19-31)24-28-25-42(26-28)32-12-14-33(15-13-32)47(44,45)34-16-20-40-21-17-34/h1-3,8-9,12-17,20-21,28-29,31,35-36H,4-7,10-11,18-19,22-26H2/t35-,36-,38?/m0/s1. The van der Waals surface area contributed by atoms with Crippen molar-refractivity contribution in [2.45, 2.75) is 72.7 Å². The minimum Gasteiger partial charge on any atom is -0.462 e. The van der Waals surface area contributed by atoms with E-state index in [2.05, 4.69) is 33.0 Å². The van der Waals surface area contributed by atoms with Crippen molar-refractivity contribution < 1.29 is 17.9 Å². The summed E-state index contributed by atoms with van der Waals surface area (Å²) in [4.78, 5) is 22.2. The van der Waals surface area contributed by atoms with Gasteiger partial charge in [-0.2, -0.15) is 5.26 Å². The lowest BCUT2D eigenvalue weighted by molar-refractivity contribution is -0.160. The first-order valence-electron chi connectivity index (χ1n) is 17.3. The van der Waals surface area contributed by atoms with E-state index in [0.29, 0.717) is 5.92 Å². The molecular weight excluding hydrogens is 609 g/mol. The third-order valence-electron chi connectivity index (χ3n) is 11.4. The van der Waals surface area contributed by atoms with Crippen LogP contribution < -0.4 is 4.90 Å². The van der Waals surface area contributed by atoms with E-state index in [4.69, 9.17) is 4.74 Å². The van der Waals surface area contributed by atoms with E-state index in [1.54, 1.807) is 12.1 Å². The number of carbonyl (C=O) groups excluding carboxylic acids is 1. The van der Waals surface area contributed by atoms with Gasteiger partial charge < -0.3 is 14.5 Å². The number of rotatable bonds is 10. The second-order valence-corrected chi connectivity index (χ2v) is 16.0. The number of ether oxygens (including phenoxy) is 1. The van der Waals surface area contributed by atoms with Crippen LogP contribution in [0.5, 0.6) is 0 Å². The van der Waals surface area contributed by atoms with Gasteiger partial charge in [-0.25, -0.2) is 8.42 Å². The molecule has 0 amide bonds. The molecule has 3 aromatic rings. The van der Waals surface area contributed by atoms with Gasteiger partial charge in [0.05, 0.1) is 27.2 Å². The quantitative estimate of drug-likeness (QED) is 0.245. The van der Waals surface area contributed by atoms with Gasteiger partial charge in [-0.3, -0.25) is 9.78 Å². The molecule has 0 radical (unpaired) electrons. The average molecular weight is 653 g/mol. The zero-order valence-electron chi connectivity index (χ0n) is 26.9. The summed E-state index contributed by atoms with van der Waals surface area (Å²) >= 11 is 0. The lowest BCUT2D eigenvalue weighted by Gasteiger charge is -2.48. The molecule has 3 heterocycles. The van der Waals surface area contributed by atoms with Gasteiger partial charge in [0, 0.05) is 49.6 Å². The Bertz CT molecular complexity index is 1680. The predicted molar refractivity (Wildman–Crippen MR) is 179 cm³/mol. The van der Waals surface area contributed by atoms with E-state index < -0.39 is 15.3 Å². The monoisotopic (exact) mass is 652 g/mol. The second kappa shape index (κ2) is 13.4. The van der Waals surface area contributed by atoms with Crippen molar-refractivity contribution in [3.05, 3.63) is 84.7 Å². The number of likely N-dealkylation sites (tertiary alicyclic amines) is 1. The van der Waals surface area contributed by atoms with Crippen molar-refractivity contribution in [1.82, 2.24) is 9.88 Å². The maximum atomic E-state index is 12.9. The van der Waals surface area contributed by atoms with E-state index in [0.717, 1.165) is 95.3 Å². The van der Waals surface area contributed by atoms with Crippen molar-refractivity contribution in [3.63, 3.8) is 0 Å². The van der Waals surface area contributed by atoms with Gasteiger partial charge in [0.15, 0.2) is 0 Å². The molecule has 2 aromatic carbocycles. The molecule has 0 spiro atoms. The molecule has 0 bridgehead atoms. The highest BCUT2D eigenvalue weighted by atomic mass is 32.2. The highest BCUT2D eigenvalue weighted by Crippen LogP contribution is 2.51. The smallest absolute Gasteiger partial charge is 0.309 e. The van der Waals surface area contributed by atoms with Crippen LogP contribution in [0.1, 0.15) is 56.9 Å². The molecule has 246 valence electrons. The van der Waals surface area contributed by atoms with Crippen LogP contribution in [0, 0.1) is 35.0 Å². The Morgan fingerprint density at radius 2 is 1.53 bits per heavy atom. The number of piperidine rings is 1. The van der Waals surface area contributed by atoms with E-state index in [1.807, 2.05) is 30.3 Å². The number of esters is 1. The minimum absolute atomic E-state index is 0.0155. The molecule has 2 saturated heterocycles. The summed E-state index contributed by atoms with van der Waals surface area (Å²) in [5, 5.41) is 11.0. The Hall–Kier alpha value is -3.74. The normalized spacial score (nSPS) is 24.1. The van der Waals surface area contributed by atoms with Crippen molar-refractivity contribution >= 4 is 21.5 Å². The summed E-state index contributed by atoms with van der Waals surface area (Å²) in [5.74, 6) is 0.763.